The number of Topliss-reactive ketones (excluding diaryl/α,β-unsaturated/α-hetero) is 1. The second-order valence-electron chi connectivity index (χ2n) is 7.81. The van der Waals surface area contributed by atoms with E-state index in [4.69, 9.17) is 19.9 Å². The molecule has 3 rings (SSSR count). The molecule has 6 nitrogen and oxygen atoms in total. The number of rotatable bonds is 3. The SMILES string of the molecule is COC1(OC)OC2=C(C(=O)CC(C)(C)C2)C(c2ccc(Br)cc2)C1(N)C#N. The zero-order chi connectivity index (χ0) is 20.0. The number of benzene rings is 1. The van der Waals surface area contributed by atoms with E-state index in [1.165, 1.54) is 14.2 Å². The summed E-state index contributed by atoms with van der Waals surface area (Å²) in [6, 6.07) is 9.49. The molecule has 7 heteroatoms. The fraction of sp³-hybridized carbons (Fsp3) is 0.500. The number of hydrogen-bond donors (Lipinski definition) is 1. The number of ether oxygens (including phenoxy) is 3. The van der Waals surface area contributed by atoms with Crippen LogP contribution in [0.2, 0.25) is 0 Å². The number of carbonyl (C=O) groups excluding carboxylic acids is 1. The molecule has 144 valence electrons. The van der Waals surface area contributed by atoms with Gasteiger partial charge in [-0.05, 0) is 23.1 Å². The molecule has 0 saturated carbocycles. The summed E-state index contributed by atoms with van der Waals surface area (Å²) in [4.78, 5) is 13.1. The molecule has 1 heterocycles. The van der Waals surface area contributed by atoms with Gasteiger partial charge in [0.15, 0.2) is 5.78 Å². The Hall–Kier alpha value is -1.72. The van der Waals surface area contributed by atoms with Gasteiger partial charge in [-0.15, -0.1) is 0 Å². The van der Waals surface area contributed by atoms with E-state index in [0.29, 0.717) is 24.2 Å². The number of methoxy groups -OCH3 is 2. The third-order valence-corrected chi connectivity index (χ3v) is 5.84. The predicted molar refractivity (Wildman–Crippen MR) is 102 cm³/mol. The Morgan fingerprint density at radius 1 is 1.22 bits per heavy atom. The number of allylic oxidation sites excluding steroid dienone is 1. The predicted octanol–water partition coefficient (Wildman–Crippen LogP) is 3.37. The molecule has 0 radical (unpaired) electrons. The molecule has 0 spiro atoms. The molecule has 1 aliphatic carbocycles. The summed E-state index contributed by atoms with van der Waals surface area (Å²) in [6.45, 7) is 4.01. The Morgan fingerprint density at radius 2 is 1.81 bits per heavy atom. The minimum atomic E-state index is -1.83. The van der Waals surface area contributed by atoms with E-state index in [1.807, 2.05) is 38.1 Å². The van der Waals surface area contributed by atoms with Gasteiger partial charge < -0.3 is 19.9 Å². The lowest BCUT2D eigenvalue weighted by atomic mass is 9.65. The molecule has 0 bridgehead atoms. The summed E-state index contributed by atoms with van der Waals surface area (Å²) in [5.74, 6) is -2.17. The van der Waals surface area contributed by atoms with E-state index in [-0.39, 0.29) is 11.2 Å². The lowest BCUT2D eigenvalue weighted by Crippen LogP contribution is -2.69. The molecule has 1 aromatic carbocycles. The first-order valence-electron chi connectivity index (χ1n) is 8.64. The number of nitrogens with zero attached hydrogens (tertiary/aromatic N) is 1. The highest BCUT2D eigenvalue weighted by Crippen LogP contribution is 2.53. The van der Waals surface area contributed by atoms with Gasteiger partial charge in [-0.2, -0.15) is 5.26 Å². The van der Waals surface area contributed by atoms with Crippen molar-refractivity contribution < 1.29 is 19.0 Å². The third-order valence-electron chi connectivity index (χ3n) is 5.31. The van der Waals surface area contributed by atoms with Crippen molar-refractivity contribution in [3.8, 4) is 6.07 Å². The number of nitriles is 1. The van der Waals surface area contributed by atoms with Crippen molar-refractivity contribution in [2.45, 2.75) is 44.1 Å². The number of carbonyl (C=O) groups is 1. The molecule has 2 unspecified atom stereocenters. The van der Waals surface area contributed by atoms with Crippen molar-refractivity contribution in [1.82, 2.24) is 0 Å². The molecule has 0 aromatic heterocycles. The van der Waals surface area contributed by atoms with Gasteiger partial charge in [0.05, 0.1) is 12.0 Å². The summed E-state index contributed by atoms with van der Waals surface area (Å²) >= 11 is 3.41. The summed E-state index contributed by atoms with van der Waals surface area (Å²) in [6.07, 6.45) is 0.883. The van der Waals surface area contributed by atoms with Crippen LogP contribution in [0.15, 0.2) is 40.1 Å². The Morgan fingerprint density at radius 3 is 2.33 bits per heavy atom. The fourth-order valence-corrected chi connectivity index (χ4v) is 4.33. The summed E-state index contributed by atoms with van der Waals surface area (Å²) in [5, 5.41) is 10.1. The molecule has 1 aliphatic heterocycles. The molecule has 2 atom stereocenters. The van der Waals surface area contributed by atoms with Gasteiger partial charge in [-0.25, -0.2) is 0 Å². The highest BCUT2D eigenvalue weighted by atomic mass is 79.9. The molecule has 27 heavy (non-hydrogen) atoms. The van der Waals surface area contributed by atoms with Crippen LogP contribution >= 0.6 is 15.9 Å². The first kappa shape index (κ1) is 20.0. The maximum Gasteiger partial charge on any atom is 0.360 e. The van der Waals surface area contributed by atoms with E-state index in [9.17, 15) is 10.1 Å². The summed E-state index contributed by atoms with van der Waals surface area (Å²) in [7, 11) is 2.75. The number of hydrogen-bond acceptors (Lipinski definition) is 6. The van der Waals surface area contributed by atoms with Crippen LogP contribution in [-0.4, -0.2) is 31.5 Å². The van der Waals surface area contributed by atoms with Gasteiger partial charge in [0.1, 0.15) is 5.76 Å². The molecular formula is C20H23BrN2O4. The fourth-order valence-electron chi connectivity index (χ4n) is 4.06. The molecule has 0 saturated heterocycles. The summed E-state index contributed by atoms with van der Waals surface area (Å²) < 4.78 is 17.9. The molecule has 0 fully saturated rings. The quantitative estimate of drug-likeness (QED) is 0.732. The molecular weight excluding hydrogens is 412 g/mol. The van der Waals surface area contributed by atoms with Crippen LogP contribution in [-0.2, 0) is 19.0 Å². The van der Waals surface area contributed by atoms with E-state index in [2.05, 4.69) is 22.0 Å². The molecule has 2 aliphatic rings. The first-order chi connectivity index (χ1) is 12.6. The van der Waals surface area contributed by atoms with E-state index < -0.39 is 17.4 Å². The number of ketones is 1. The van der Waals surface area contributed by atoms with Crippen molar-refractivity contribution in [2.24, 2.45) is 11.1 Å². The van der Waals surface area contributed by atoms with Crippen molar-refractivity contribution in [2.75, 3.05) is 14.2 Å². The Labute approximate surface area is 167 Å². The van der Waals surface area contributed by atoms with Crippen LogP contribution in [0.5, 0.6) is 0 Å². The third kappa shape index (κ3) is 3.01. The van der Waals surface area contributed by atoms with E-state index in [0.717, 1.165) is 10.0 Å². The van der Waals surface area contributed by atoms with Gasteiger partial charge in [0, 0.05) is 37.1 Å². The lowest BCUT2D eigenvalue weighted by molar-refractivity contribution is -0.379. The van der Waals surface area contributed by atoms with E-state index >= 15 is 0 Å². The molecule has 1 aromatic rings. The van der Waals surface area contributed by atoms with Crippen LogP contribution in [0, 0.1) is 16.7 Å². The monoisotopic (exact) mass is 434 g/mol. The lowest BCUT2D eigenvalue weighted by Gasteiger charge is -2.51. The molecule has 2 N–H and O–H groups in total. The average Bonchev–Trinajstić information content (AvgIpc) is 2.62. The van der Waals surface area contributed by atoms with Crippen LogP contribution in [0.3, 0.4) is 0 Å². The minimum Gasteiger partial charge on any atom is -0.441 e. The second kappa shape index (κ2) is 6.71. The smallest absolute Gasteiger partial charge is 0.360 e. The van der Waals surface area contributed by atoms with Crippen LogP contribution in [0.4, 0.5) is 0 Å². The maximum atomic E-state index is 13.1. The van der Waals surface area contributed by atoms with Crippen molar-refractivity contribution in [1.29, 1.82) is 5.26 Å². The van der Waals surface area contributed by atoms with Crippen LogP contribution in [0.1, 0.15) is 38.2 Å². The topological polar surface area (TPSA) is 94.6 Å². The number of halogens is 1. The minimum absolute atomic E-state index is 0.0694. The van der Waals surface area contributed by atoms with Crippen molar-refractivity contribution in [3.63, 3.8) is 0 Å². The highest BCUT2D eigenvalue weighted by Gasteiger charge is 2.65. The van der Waals surface area contributed by atoms with Crippen molar-refractivity contribution in [3.05, 3.63) is 45.6 Å². The second-order valence-corrected chi connectivity index (χ2v) is 8.73. The van der Waals surface area contributed by atoms with Gasteiger partial charge in [-0.3, -0.25) is 4.79 Å². The van der Waals surface area contributed by atoms with Gasteiger partial charge in [0.25, 0.3) is 0 Å². The standard InChI is InChI=1S/C20H23BrN2O4/c1-18(2)9-14(24)16-15(10-18)27-20(25-3,26-4)19(23,11-22)17(16)12-5-7-13(21)8-6-12/h5-8,17H,9-10,23H2,1-4H3. The normalized spacial score (nSPS) is 28.9. The largest absolute Gasteiger partial charge is 0.441 e. The molecule has 0 amide bonds. The Kier molecular flexibility index (Phi) is 4.98. The van der Waals surface area contributed by atoms with Gasteiger partial charge >= 0.3 is 5.97 Å². The number of nitrogens with two attached hydrogens (primary N) is 1. The zero-order valence-electron chi connectivity index (χ0n) is 15.8. The Bertz CT molecular complexity index is 837. The van der Waals surface area contributed by atoms with Gasteiger partial charge in [0.2, 0.25) is 5.54 Å². The first-order valence-corrected chi connectivity index (χ1v) is 9.43. The zero-order valence-corrected chi connectivity index (χ0v) is 17.4. The Balaban J connectivity index is 2.31. The van der Waals surface area contributed by atoms with Crippen LogP contribution < -0.4 is 5.73 Å². The van der Waals surface area contributed by atoms with E-state index in [1.54, 1.807) is 0 Å². The highest BCUT2D eigenvalue weighted by molar-refractivity contribution is 9.10. The maximum absolute atomic E-state index is 13.1. The average molecular weight is 435 g/mol. The van der Waals surface area contributed by atoms with Crippen molar-refractivity contribution >= 4 is 21.7 Å². The summed E-state index contributed by atoms with van der Waals surface area (Å²) in [5.41, 5.74) is 5.70. The van der Waals surface area contributed by atoms with Gasteiger partial charge in [-0.1, -0.05) is 41.9 Å². The van der Waals surface area contributed by atoms with Crippen LogP contribution in [0.25, 0.3) is 0 Å².